The van der Waals surface area contributed by atoms with Gasteiger partial charge in [-0.25, -0.2) is 8.42 Å². The zero-order valence-corrected chi connectivity index (χ0v) is 17.6. The number of aliphatic carboxylic acids is 1. The SMILES string of the molecule is CNc1ccc(C(=O)NCCC(=O)NC[C@H](NS(=O)(=O)c2ccccc2)C(=O)O)cc1. The van der Waals surface area contributed by atoms with Crippen molar-refractivity contribution in [2.45, 2.75) is 17.4 Å². The molecule has 0 heterocycles. The summed E-state index contributed by atoms with van der Waals surface area (Å²) in [7, 11) is -2.30. The summed E-state index contributed by atoms with van der Waals surface area (Å²) in [6.45, 7) is -0.411. The van der Waals surface area contributed by atoms with Crippen molar-refractivity contribution in [3.63, 3.8) is 0 Å². The molecule has 1 atom stereocenters. The van der Waals surface area contributed by atoms with Gasteiger partial charge in [-0.05, 0) is 36.4 Å². The fourth-order valence-corrected chi connectivity index (χ4v) is 3.73. The molecule has 0 aromatic heterocycles. The molecular formula is C20H24N4O6S. The Bertz CT molecular complexity index is 1010. The third-order valence-electron chi connectivity index (χ3n) is 4.23. The van der Waals surface area contributed by atoms with Gasteiger partial charge in [-0.1, -0.05) is 18.2 Å². The molecule has 2 amide bonds. The maximum atomic E-state index is 12.3. The van der Waals surface area contributed by atoms with Gasteiger partial charge in [0.2, 0.25) is 15.9 Å². The van der Waals surface area contributed by atoms with Crippen LogP contribution in [0.5, 0.6) is 0 Å². The van der Waals surface area contributed by atoms with Crippen LogP contribution in [0.2, 0.25) is 0 Å². The molecule has 0 bridgehead atoms. The number of amides is 2. The predicted molar refractivity (Wildman–Crippen MR) is 114 cm³/mol. The molecule has 11 heteroatoms. The van der Waals surface area contributed by atoms with Gasteiger partial charge in [0.15, 0.2) is 0 Å². The number of sulfonamides is 1. The quantitative estimate of drug-likeness (QED) is 0.333. The lowest BCUT2D eigenvalue weighted by Crippen LogP contribution is -2.48. The third-order valence-corrected chi connectivity index (χ3v) is 5.71. The number of carbonyl (C=O) groups is 3. The Morgan fingerprint density at radius 3 is 2.19 bits per heavy atom. The van der Waals surface area contributed by atoms with E-state index in [9.17, 15) is 27.9 Å². The zero-order chi connectivity index (χ0) is 22.9. The minimum atomic E-state index is -4.06. The molecule has 0 radical (unpaired) electrons. The highest BCUT2D eigenvalue weighted by molar-refractivity contribution is 7.89. The van der Waals surface area contributed by atoms with E-state index in [0.29, 0.717) is 5.56 Å². The molecule has 2 aromatic carbocycles. The number of anilines is 1. The van der Waals surface area contributed by atoms with Crippen LogP contribution < -0.4 is 20.7 Å². The van der Waals surface area contributed by atoms with Gasteiger partial charge < -0.3 is 21.1 Å². The molecule has 10 nitrogen and oxygen atoms in total. The Labute approximate surface area is 180 Å². The lowest BCUT2D eigenvalue weighted by Gasteiger charge is -2.15. The summed E-state index contributed by atoms with van der Waals surface area (Å²) < 4.78 is 26.6. The van der Waals surface area contributed by atoms with Crippen LogP contribution in [-0.2, 0) is 19.6 Å². The minimum Gasteiger partial charge on any atom is -0.480 e. The van der Waals surface area contributed by atoms with Crippen molar-refractivity contribution >= 4 is 33.5 Å². The van der Waals surface area contributed by atoms with Gasteiger partial charge in [0.25, 0.3) is 5.91 Å². The second kappa shape index (κ2) is 11.1. The summed E-state index contributed by atoms with van der Waals surface area (Å²) in [5, 5.41) is 17.2. The minimum absolute atomic E-state index is 0.0337. The molecule has 0 aliphatic rings. The molecule has 166 valence electrons. The maximum absolute atomic E-state index is 12.3. The summed E-state index contributed by atoms with van der Waals surface area (Å²) in [6.07, 6.45) is -0.0991. The number of rotatable bonds is 11. The molecule has 5 N–H and O–H groups in total. The zero-order valence-electron chi connectivity index (χ0n) is 16.8. The largest absolute Gasteiger partial charge is 0.480 e. The van der Waals surface area contributed by atoms with E-state index in [-0.39, 0.29) is 23.8 Å². The van der Waals surface area contributed by atoms with E-state index in [2.05, 4.69) is 20.7 Å². The van der Waals surface area contributed by atoms with E-state index in [1.165, 1.54) is 24.3 Å². The smallest absolute Gasteiger partial charge is 0.323 e. The molecule has 0 saturated heterocycles. The van der Waals surface area contributed by atoms with Crippen LogP contribution in [0, 0.1) is 0 Å². The van der Waals surface area contributed by atoms with Crippen molar-refractivity contribution < 1.29 is 27.9 Å². The van der Waals surface area contributed by atoms with Crippen molar-refractivity contribution in [2.24, 2.45) is 0 Å². The summed E-state index contributed by atoms with van der Waals surface area (Å²) in [4.78, 5) is 35.3. The van der Waals surface area contributed by atoms with Crippen LogP contribution in [-0.4, -0.2) is 57.5 Å². The van der Waals surface area contributed by atoms with Gasteiger partial charge >= 0.3 is 5.97 Å². The summed E-state index contributed by atoms with van der Waals surface area (Å²) in [5.74, 6) is -2.32. The van der Waals surface area contributed by atoms with E-state index in [1.807, 2.05) is 0 Å². The van der Waals surface area contributed by atoms with Crippen molar-refractivity contribution in [1.82, 2.24) is 15.4 Å². The van der Waals surface area contributed by atoms with Crippen molar-refractivity contribution in [1.29, 1.82) is 0 Å². The lowest BCUT2D eigenvalue weighted by molar-refractivity contribution is -0.138. The molecule has 2 aromatic rings. The molecule has 0 unspecified atom stereocenters. The Balaban J connectivity index is 1.81. The van der Waals surface area contributed by atoms with Crippen LogP contribution in [0.4, 0.5) is 5.69 Å². The molecule has 0 spiro atoms. The second-order valence-electron chi connectivity index (χ2n) is 6.46. The number of hydrogen-bond acceptors (Lipinski definition) is 6. The standard InChI is InChI=1S/C20H24N4O6S/c1-21-15-9-7-14(8-10-15)19(26)22-12-11-18(25)23-13-17(20(27)28)24-31(29,30)16-5-3-2-4-6-16/h2-10,17,21,24H,11-13H2,1H3,(H,22,26)(H,23,25)(H,27,28)/t17-/m0/s1. The molecule has 0 fully saturated rings. The highest BCUT2D eigenvalue weighted by atomic mass is 32.2. The van der Waals surface area contributed by atoms with E-state index in [0.717, 1.165) is 5.69 Å². The number of nitrogens with one attached hydrogen (secondary N) is 4. The first-order chi connectivity index (χ1) is 14.7. The van der Waals surface area contributed by atoms with Crippen LogP contribution in [0.15, 0.2) is 59.5 Å². The van der Waals surface area contributed by atoms with Gasteiger partial charge in [-0.3, -0.25) is 14.4 Å². The number of carboxylic acids is 1. The first kappa shape index (κ1) is 23.8. The van der Waals surface area contributed by atoms with Gasteiger partial charge in [0.05, 0.1) is 4.90 Å². The number of carbonyl (C=O) groups excluding carboxylic acids is 2. The van der Waals surface area contributed by atoms with E-state index in [4.69, 9.17) is 0 Å². The molecule has 0 aliphatic carbocycles. The average Bonchev–Trinajstić information content (AvgIpc) is 2.77. The van der Waals surface area contributed by atoms with Crippen molar-refractivity contribution in [3.8, 4) is 0 Å². The van der Waals surface area contributed by atoms with Crippen LogP contribution in [0.3, 0.4) is 0 Å². The Kier molecular flexibility index (Phi) is 8.53. The number of hydrogen-bond donors (Lipinski definition) is 5. The molecule has 2 rings (SSSR count). The first-order valence-electron chi connectivity index (χ1n) is 9.36. The molecule has 0 saturated carbocycles. The lowest BCUT2D eigenvalue weighted by atomic mass is 10.2. The predicted octanol–water partition coefficient (Wildman–Crippen LogP) is 0.396. The van der Waals surface area contributed by atoms with Crippen LogP contribution in [0.1, 0.15) is 16.8 Å². The summed E-state index contributed by atoms with van der Waals surface area (Å²) in [6, 6.07) is 12.5. The van der Waals surface area contributed by atoms with Gasteiger partial charge in [-0.15, -0.1) is 0 Å². The highest BCUT2D eigenvalue weighted by Crippen LogP contribution is 2.09. The molecular weight excluding hydrogens is 424 g/mol. The average molecular weight is 449 g/mol. The Morgan fingerprint density at radius 1 is 0.968 bits per heavy atom. The first-order valence-corrected chi connectivity index (χ1v) is 10.8. The fraction of sp³-hybridized carbons (Fsp3) is 0.250. The Hall–Kier alpha value is -3.44. The van der Waals surface area contributed by atoms with Gasteiger partial charge in [0, 0.05) is 37.8 Å². The monoisotopic (exact) mass is 448 g/mol. The van der Waals surface area contributed by atoms with Gasteiger partial charge in [-0.2, -0.15) is 4.72 Å². The van der Waals surface area contributed by atoms with Crippen LogP contribution in [0.25, 0.3) is 0 Å². The number of carboxylic acid groups (broad SMARTS) is 1. The third kappa shape index (κ3) is 7.39. The molecule has 0 aliphatic heterocycles. The van der Waals surface area contributed by atoms with Crippen molar-refractivity contribution in [2.75, 3.05) is 25.5 Å². The number of benzene rings is 2. The second-order valence-corrected chi connectivity index (χ2v) is 8.18. The van der Waals surface area contributed by atoms with Crippen molar-refractivity contribution in [3.05, 3.63) is 60.2 Å². The van der Waals surface area contributed by atoms with E-state index < -0.39 is 34.5 Å². The molecule has 31 heavy (non-hydrogen) atoms. The Morgan fingerprint density at radius 2 is 1.61 bits per heavy atom. The van der Waals surface area contributed by atoms with Gasteiger partial charge in [0.1, 0.15) is 6.04 Å². The summed E-state index contributed by atoms with van der Waals surface area (Å²) in [5.41, 5.74) is 1.28. The van der Waals surface area contributed by atoms with Crippen LogP contribution >= 0.6 is 0 Å². The van der Waals surface area contributed by atoms with E-state index >= 15 is 0 Å². The summed E-state index contributed by atoms with van der Waals surface area (Å²) >= 11 is 0. The fourth-order valence-electron chi connectivity index (χ4n) is 2.52. The normalized spacial score (nSPS) is 11.9. The topological polar surface area (TPSA) is 154 Å². The maximum Gasteiger partial charge on any atom is 0.323 e. The highest BCUT2D eigenvalue weighted by Gasteiger charge is 2.25. The van der Waals surface area contributed by atoms with E-state index in [1.54, 1.807) is 37.4 Å².